The number of carbonyl (C=O) groups is 1. The summed E-state index contributed by atoms with van der Waals surface area (Å²) in [5.74, 6) is 0.165. The maximum Gasteiger partial charge on any atom is 0.254 e. The number of amides is 1. The molecule has 1 heterocycles. The highest BCUT2D eigenvalue weighted by Crippen LogP contribution is 2.19. The average Bonchev–Trinajstić information content (AvgIpc) is 2.32. The van der Waals surface area contributed by atoms with E-state index in [1.807, 2.05) is 24.0 Å². The number of piperazine rings is 1. The van der Waals surface area contributed by atoms with Gasteiger partial charge in [-0.2, -0.15) is 0 Å². The van der Waals surface area contributed by atoms with Gasteiger partial charge in [-0.3, -0.25) is 4.79 Å². The molecule has 0 aliphatic carbocycles. The van der Waals surface area contributed by atoms with Gasteiger partial charge in [0.15, 0.2) is 0 Å². The number of nitrogens with one attached hydrogen (secondary N) is 1. The fraction of sp³-hybridized carbons (Fsp3) is 0.533. The molecule has 0 bridgehead atoms. The number of aryl methyl sites for hydroxylation is 1. The second-order valence-electron chi connectivity index (χ2n) is 5.32. The number of hydrogen-bond acceptors (Lipinski definition) is 2. The first-order valence-electron chi connectivity index (χ1n) is 6.62. The molecule has 2 rings (SSSR count). The molecular formula is C15H22N2O. The van der Waals surface area contributed by atoms with Gasteiger partial charge in [-0.15, -0.1) is 0 Å². The smallest absolute Gasteiger partial charge is 0.254 e. The Morgan fingerprint density at radius 3 is 2.44 bits per heavy atom. The maximum absolute atomic E-state index is 12.7. The summed E-state index contributed by atoms with van der Waals surface area (Å²) in [4.78, 5) is 14.7. The third kappa shape index (κ3) is 2.27. The van der Waals surface area contributed by atoms with Crippen LogP contribution in [0.5, 0.6) is 0 Å². The molecule has 1 aromatic rings. The topological polar surface area (TPSA) is 32.3 Å². The predicted molar refractivity (Wildman–Crippen MR) is 73.9 cm³/mol. The van der Waals surface area contributed by atoms with E-state index in [2.05, 4.69) is 32.2 Å². The van der Waals surface area contributed by atoms with Crippen LogP contribution < -0.4 is 5.32 Å². The summed E-state index contributed by atoms with van der Waals surface area (Å²) >= 11 is 0. The van der Waals surface area contributed by atoms with E-state index in [9.17, 15) is 4.79 Å². The van der Waals surface area contributed by atoms with E-state index in [-0.39, 0.29) is 18.0 Å². The van der Waals surface area contributed by atoms with E-state index < -0.39 is 0 Å². The van der Waals surface area contributed by atoms with Gasteiger partial charge in [-0.05, 0) is 44.9 Å². The minimum absolute atomic E-state index is 0.165. The molecule has 0 saturated carbocycles. The quantitative estimate of drug-likeness (QED) is 0.823. The van der Waals surface area contributed by atoms with Gasteiger partial charge in [0.1, 0.15) is 0 Å². The Balaban J connectivity index is 2.32. The van der Waals surface area contributed by atoms with E-state index in [1.54, 1.807) is 0 Å². The van der Waals surface area contributed by atoms with Crippen molar-refractivity contribution in [2.24, 2.45) is 0 Å². The van der Waals surface area contributed by atoms with Gasteiger partial charge in [0.05, 0.1) is 0 Å². The highest BCUT2D eigenvalue weighted by molar-refractivity contribution is 5.96. The molecule has 1 aliphatic rings. The SMILES string of the molecule is Cc1cccc(C(=O)N2C(C)CNCC2C)c1C. The standard InChI is InChI=1S/C15H22N2O/c1-10-6-5-7-14(13(10)4)15(18)17-11(2)8-16-9-12(17)3/h5-7,11-12,16H,8-9H2,1-4H3. The Kier molecular flexibility index (Phi) is 3.71. The molecule has 1 aliphatic heterocycles. The van der Waals surface area contributed by atoms with E-state index in [0.717, 1.165) is 24.2 Å². The second-order valence-corrected chi connectivity index (χ2v) is 5.32. The molecule has 1 fully saturated rings. The van der Waals surface area contributed by atoms with Gasteiger partial charge in [0.2, 0.25) is 0 Å². The summed E-state index contributed by atoms with van der Waals surface area (Å²) in [7, 11) is 0. The van der Waals surface area contributed by atoms with Gasteiger partial charge >= 0.3 is 0 Å². The van der Waals surface area contributed by atoms with Crippen molar-refractivity contribution < 1.29 is 4.79 Å². The summed E-state index contributed by atoms with van der Waals surface area (Å²) < 4.78 is 0. The zero-order valence-electron chi connectivity index (χ0n) is 11.7. The summed E-state index contributed by atoms with van der Waals surface area (Å²) in [6.45, 7) is 10.0. The van der Waals surface area contributed by atoms with Gasteiger partial charge < -0.3 is 10.2 Å². The monoisotopic (exact) mass is 246 g/mol. The van der Waals surface area contributed by atoms with Crippen LogP contribution in [0.1, 0.15) is 35.3 Å². The van der Waals surface area contributed by atoms with Crippen molar-refractivity contribution in [3.05, 3.63) is 34.9 Å². The number of benzene rings is 1. The third-order valence-electron chi connectivity index (χ3n) is 3.90. The molecule has 0 radical (unpaired) electrons. The molecule has 0 spiro atoms. The Morgan fingerprint density at radius 2 is 1.83 bits per heavy atom. The van der Waals surface area contributed by atoms with E-state index in [0.29, 0.717) is 0 Å². The highest BCUT2D eigenvalue weighted by atomic mass is 16.2. The molecule has 2 atom stereocenters. The molecule has 3 heteroatoms. The number of rotatable bonds is 1. The van der Waals surface area contributed by atoms with Crippen molar-refractivity contribution in [3.63, 3.8) is 0 Å². The van der Waals surface area contributed by atoms with Gasteiger partial charge in [-0.1, -0.05) is 12.1 Å². The molecule has 1 aromatic carbocycles. The van der Waals surface area contributed by atoms with E-state index in [1.165, 1.54) is 5.56 Å². The van der Waals surface area contributed by atoms with Crippen molar-refractivity contribution in [3.8, 4) is 0 Å². The lowest BCUT2D eigenvalue weighted by atomic mass is 10.00. The van der Waals surface area contributed by atoms with Crippen LogP contribution in [0.2, 0.25) is 0 Å². The second kappa shape index (κ2) is 5.11. The molecule has 1 saturated heterocycles. The van der Waals surface area contributed by atoms with Crippen LogP contribution in [0, 0.1) is 13.8 Å². The van der Waals surface area contributed by atoms with Crippen molar-refractivity contribution in [1.82, 2.24) is 10.2 Å². The molecule has 0 aromatic heterocycles. The fourth-order valence-electron chi connectivity index (χ4n) is 2.65. The number of nitrogens with zero attached hydrogens (tertiary/aromatic N) is 1. The van der Waals surface area contributed by atoms with Crippen molar-refractivity contribution in [1.29, 1.82) is 0 Å². The lowest BCUT2D eigenvalue weighted by molar-refractivity contribution is 0.0543. The van der Waals surface area contributed by atoms with E-state index >= 15 is 0 Å². The predicted octanol–water partition coefficient (Wildman–Crippen LogP) is 2.13. The lowest BCUT2D eigenvalue weighted by Gasteiger charge is -2.39. The Bertz CT molecular complexity index is 446. The van der Waals surface area contributed by atoms with Crippen LogP contribution in [-0.4, -0.2) is 36.0 Å². The molecular weight excluding hydrogens is 224 g/mol. The van der Waals surface area contributed by atoms with Gasteiger partial charge in [0, 0.05) is 30.7 Å². The number of carbonyl (C=O) groups excluding carboxylic acids is 1. The first-order valence-corrected chi connectivity index (χ1v) is 6.62. The van der Waals surface area contributed by atoms with Crippen LogP contribution in [-0.2, 0) is 0 Å². The van der Waals surface area contributed by atoms with Crippen LogP contribution in [0.4, 0.5) is 0 Å². The minimum Gasteiger partial charge on any atom is -0.331 e. The first kappa shape index (κ1) is 13.1. The molecule has 3 nitrogen and oxygen atoms in total. The highest BCUT2D eigenvalue weighted by Gasteiger charge is 2.30. The van der Waals surface area contributed by atoms with E-state index in [4.69, 9.17) is 0 Å². The summed E-state index contributed by atoms with van der Waals surface area (Å²) in [5, 5.41) is 3.35. The normalized spacial score (nSPS) is 24.1. The summed E-state index contributed by atoms with van der Waals surface area (Å²) in [6.07, 6.45) is 0. The molecule has 2 unspecified atom stereocenters. The maximum atomic E-state index is 12.7. The summed E-state index contributed by atoms with van der Waals surface area (Å²) in [5.41, 5.74) is 3.12. The zero-order valence-corrected chi connectivity index (χ0v) is 11.7. The molecule has 1 amide bonds. The first-order chi connectivity index (χ1) is 8.52. The van der Waals surface area contributed by atoms with Crippen molar-refractivity contribution in [2.75, 3.05) is 13.1 Å². The van der Waals surface area contributed by atoms with Gasteiger partial charge in [-0.25, -0.2) is 0 Å². The van der Waals surface area contributed by atoms with Gasteiger partial charge in [0.25, 0.3) is 5.91 Å². The molecule has 18 heavy (non-hydrogen) atoms. The van der Waals surface area contributed by atoms with Crippen molar-refractivity contribution >= 4 is 5.91 Å². The zero-order chi connectivity index (χ0) is 13.3. The van der Waals surface area contributed by atoms with Crippen LogP contribution in [0.15, 0.2) is 18.2 Å². The van der Waals surface area contributed by atoms with Crippen molar-refractivity contribution in [2.45, 2.75) is 39.8 Å². The third-order valence-corrected chi connectivity index (χ3v) is 3.90. The largest absolute Gasteiger partial charge is 0.331 e. The Morgan fingerprint density at radius 1 is 1.22 bits per heavy atom. The Labute approximate surface area is 109 Å². The average molecular weight is 246 g/mol. The molecule has 98 valence electrons. The summed E-state index contributed by atoms with van der Waals surface area (Å²) in [6, 6.07) is 6.46. The fourth-order valence-corrected chi connectivity index (χ4v) is 2.65. The molecule has 1 N–H and O–H groups in total. The lowest BCUT2D eigenvalue weighted by Crippen LogP contribution is -2.57. The van der Waals surface area contributed by atoms with Crippen LogP contribution >= 0.6 is 0 Å². The van der Waals surface area contributed by atoms with Crippen LogP contribution in [0.25, 0.3) is 0 Å². The van der Waals surface area contributed by atoms with Crippen LogP contribution in [0.3, 0.4) is 0 Å². The minimum atomic E-state index is 0.165. The Hall–Kier alpha value is -1.35. The number of hydrogen-bond donors (Lipinski definition) is 1.